The summed E-state index contributed by atoms with van der Waals surface area (Å²) < 4.78 is 0. The van der Waals surface area contributed by atoms with Crippen LogP contribution >= 0.6 is 11.6 Å². The van der Waals surface area contributed by atoms with Crippen molar-refractivity contribution in [3.8, 4) is 0 Å². The molecular weight excluding hydrogens is 334 g/mol. The van der Waals surface area contributed by atoms with Gasteiger partial charge in [-0.15, -0.1) is 0 Å². The Morgan fingerprint density at radius 3 is 2.44 bits per heavy atom. The number of benzene rings is 2. The Morgan fingerprint density at radius 2 is 1.72 bits per heavy atom. The first-order valence-corrected chi connectivity index (χ1v) is 9.23. The topological polar surface area (TPSA) is 44.4 Å². The van der Waals surface area contributed by atoms with Gasteiger partial charge < -0.3 is 15.5 Å². The van der Waals surface area contributed by atoms with Crippen LogP contribution in [0.3, 0.4) is 0 Å². The highest BCUT2D eigenvalue weighted by atomic mass is 35.5. The summed E-state index contributed by atoms with van der Waals surface area (Å²) in [6.07, 6.45) is 4.55. The van der Waals surface area contributed by atoms with Crippen LogP contribution in [-0.4, -0.2) is 25.7 Å². The maximum atomic E-state index is 12.0. The van der Waals surface area contributed by atoms with E-state index in [1.54, 1.807) is 0 Å². The highest BCUT2D eigenvalue weighted by molar-refractivity contribution is 6.31. The fraction of sp³-hybridized carbons (Fsp3) is 0.350. The summed E-state index contributed by atoms with van der Waals surface area (Å²) in [5, 5.41) is 6.47. The Kier molecular flexibility index (Phi) is 6.18. The minimum Gasteiger partial charge on any atom is -0.372 e. The average Bonchev–Trinajstić information content (AvgIpc) is 2.65. The van der Waals surface area contributed by atoms with Gasteiger partial charge in [-0.2, -0.15) is 0 Å². The van der Waals surface area contributed by atoms with Crippen molar-refractivity contribution in [3.63, 3.8) is 0 Å². The maximum absolute atomic E-state index is 12.0. The summed E-state index contributed by atoms with van der Waals surface area (Å²) in [6, 6.07) is 15.6. The van der Waals surface area contributed by atoms with Crippen molar-refractivity contribution in [1.82, 2.24) is 5.32 Å². The lowest BCUT2D eigenvalue weighted by Crippen LogP contribution is -2.31. The molecule has 3 rings (SSSR count). The number of urea groups is 1. The van der Waals surface area contributed by atoms with Gasteiger partial charge in [-0.05, 0) is 61.6 Å². The van der Waals surface area contributed by atoms with Gasteiger partial charge in [0.1, 0.15) is 0 Å². The number of halogens is 1. The fourth-order valence-electron chi connectivity index (χ4n) is 3.09. The van der Waals surface area contributed by atoms with E-state index >= 15 is 0 Å². The van der Waals surface area contributed by atoms with Crippen molar-refractivity contribution < 1.29 is 4.79 Å². The second-order valence-electron chi connectivity index (χ2n) is 6.32. The first-order valence-electron chi connectivity index (χ1n) is 8.85. The lowest BCUT2D eigenvalue weighted by molar-refractivity contribution is 0.252. The smallest absolute Gasteiger partial charge is 0.319 e. The number of rotatable bonds is 5. The quantitative estimate of drug-likeness (QED) is 0.815. The molecule has 4 nitrogen and oxygen atoms in total. The predicted molar refractivity (Wildman–Crippen MR) is 105 cm³/mol. The minimum atomic E-state index is -0.197. The Morgan fingerprint density at radius 1 is 1.00 bits per heavy atom. The van der Waals surface area contributed by atoms with Crippen molar-refractivity contribution in [2.75, 3.05) is 29.9 Å². The molecular formula is C20H24ClN3O. The summed E-state index contributed by atoms with van der Waals surface area (Å²) in [5.41, 5.74) is 3.07. The molecule has 2 aromatic carbocycles. The van der Waals surface area contributed by atoms with Crippen molar-refractivity contribution in [3.05, 3.63) is 59.1 Å². The van der Waals surface area contributed by atoms with Crippen LogP contribution in [0, 0.1) is 0 Å². The van der Waals surface area contributed by atoms with E-state index in [-0.39, 0.29) is 6.03 Å². The summed E-state index contributed by atoms with van der Waals surface area (Å²) in [6.45, 7) is 2.78. The lowest BCUT2D eigenvalue weighted by atomic mass is 10.1. The number of hydrogen-bond acceptors (Lipinski definition) is 2. The molecule has 0 atom stereocenters. The van der Waals surface area contributed by atoms with E-state index in [1.165, 1.54) is 24.9 Å². The van der Waals surface area contributed by atoms with Gasteiger partial charge in [-0.1, -0.05) is 29.8 Å². The Hall–Kier alpha value is -2.20. The lowest BCUT2D eigenvalue weighted by Gasteiger charge is -2.28. The fourth-order valence-corrected chi connectivity index (χ4v) is 3.33. The number of carbonyl (C=O) groups excluding carboxylic acids is 1. The summed E-state index contributed by atoms with van der Waals surface area (Å²) >= 11 is 6.12. The van der Waals surface area contributed by atoms with Gasteiger partial charge in [0.2, 0.25) is 0 Å². The third-order valence-corrected chi connectivity index (χ3v) is 4.85. The van der Waals surface area contributed by atoms with E-state index in [0.717, 1.165) is 29.4 Å². The van der Waals surface area contributed by atoms with Crippen LogP contribution < -0.4 is 15.5 Å². The molecule has 5 heteroatoms. The zero-order valence-electron chi connectivity index (χ0n) is 14.3. The van der Waals surface area contributed by atoms with Gasteiger partial charge in [0.15, 0.2) is 0 Å². The van der Waals surface area contributed by atoms with Crippen molar-refractivity contribution in [1.29, 1.82) is 0 Å². The van der Waals surface area contributed by atoms with Gasteiger partial charge in [-0.25, -0.2) is 4.79 Å². The second-order valence-corrected chi connectivity index (χ2v) is 6.72. The van der Waals surface area contributed by atoms with Crippen molar-refractivity contribution in [2.45, 2.75) is 25.7 Å². The van der Waals surface area contributed by atoms with Crippen LogP contribution in [0.15, 0.2) is 48.5 Å². The largest absolute Gasteiger partial charge is 0.372 e. The number of nitrogens with zero attached hydrogens (tertiary/aromatic N) is 1. The third-order valence-electron chi connectivity index (χ3n) is 4.48. The van der Waals surface area contributed by atoms with E-state index in [1.807, 2.05) is 36.4 Å². The predicted octanol–water partition coefficient (Wildman–Crippen LogP) is 4.69. The minimum absolute atomic E-state index is 0.197. The van der Waals surface area contributed by atoms with Crippen LogP contribution in [0.4, 0.5) is 16.2 Å². The molecule has 0 saturated carbocycles. The molecule has 0 bridgehead atoms. The van der Waals surface area contributed by atoms with E-state index in [0.29, 0.717) is 13.0 Å². The van der Waals surface area contributed by atoms with Gasteiger partial charge in [0, 0.05) is 36.0 Å². The van der Waals surface area contributed by atoms with Gasteiger partial charge in [-0.3, -0.25) is 0 Å². The Bertz CT molecular complexity index is 696. The second kappa shape index (κ2) is 8.77. The highest BCUT2D eigenvalue weighted by Crippen LogP contribution is 2.21. The van der Waals surface area contributed by atoms with Crippen LogP contribution in [-0.2, 0) is 6.42 Å². The molecule has 0 spiro atoms. The van der Waals surface area contributed by atoms with E-state index in [4.69, 9.17) is 11.6 Å². The molecule has 0 aromatic heterocycles. The zero-order chi connectivity index (χ0) is 17.5. The first kappa shape index (κ1) is 17.6. The Balaban J connectivity index is 1.45. The standard InChI is InChI=1S/C20H24ClN3O/c21-19-7-3-2-6-16(19)12-13-22-20(25)23-17-8-10-18(11-9-17)24-14-4-1-5-15-24/h2-3,6-11H,1,4-5,12-15H2,(H2,22,23,25). The number of amides is 2. The van der Waals surface area contributed by atoms with Crippen LogP contribution in [0.2, 0.25) is 5.02 Å². The summed E-state index contributed by atoms with van der Waals surface area (Å²) in [7, 11) is 0. The summed E-state index contributed by atoms with van der Waals surface area (Å²) in [5.74, 6) is 0. The normalized spacial score (nSPS) is 14.2. The molecule has 1 heterocycles. The molecule has 0 aliphatic carbocycles. The van der Waals surface area contributed by atoms with Crippen molar-refractivity contribution >= 4 is 29.0 Å². The van der Waals surface area contributed by atoms with Gasteiger partial charge in [0.05, 0.1) is 0 Å². The zero-order valence-corrected chi connectivity index (χ0v) is 15.1. The van der Waals surface area contributed by atoms with Gasteiger partial charge in [0.25, 0.3) is 0 Å². The molecule has 132 valence electrons. The number of nitrogens with one attached hydrogen (secondary N) is 2. The maximum Gasteiger partial charge on any atom is 0.319 e. The van der Waals surface area contributed by atoms with Gasteiger partial charge >= 0.3 is 6.03 Å². The molecule has 1 aliphatic heterocycles. The molecule has 2 aromatic rings. The highest BCUT2D eigenvalue weighted by Gasteiger charge is 2.10. The van der Waals surface area contributed by atoms with Crippen LogP contribution in [0.5, 0.6) is 0 Å². The number of anilines is 2. The molecule has 0 radical (unpaired) electrons. The van der Waals surface area contributed by atoms with Crippen LogP contribution in [0.25, 0.3) is 0 Å². The first-order chi connectivity index (χ1) is 12.2. The SMILES string of the molecule is O=C(NCCc1ccccc1Cl)Nc1ccc(N2CCCCC2)cc1. The van der Waals surface area contributed by atoms with Crippen LogP contribution in [0.1, 0.15) is 24.8 Å². The summed E-state index contributed by atoms with van der Waals surface area (Å²) in [4.78, 5) is 14.4. The third kappa shape index (κ3) is 5.13. The monoisotopic (exact) mass is 357 g/mol. The van der Waals surface area contributed by atoms with Crippen molar-refractivity contribution in [2.24, 2.45) is 0 Å². The number of piperidine rings is 1. The average molecular weight is 358 g/mol. The number of hydrogen-bond donors (Lipinski definition) is 2. The molecule has 1 saturated heterocycles. The molecule has 2 N–H and O–H groups in total. The Labute approximate surface area is 154 Å². The molecule has 2 amide bonds. The molecule has 1 aliphatic rings. The van der Waals surface area contributed by atoms with E-state index in [9.17, 15) is 4.79 Å². The molecule has 1 fully saturated rings. The molecule has 0 unspecified atom stereocenters. The van der Waals surface area contributed by atoms with E-state index in [2.05, 4.69) is 27.7 Å². The number of carbonyl (C=O) groups is 1. The molecule has 25 heavy (non-hydrogen) atoms. The van der Waals surface area contributed by atoms with E-state index < -0.39 is 0 Å².